The van der Waals surface area contributed by atoms with Gasteiger partial charge in [-0.05, 0) is 32.0 Å². The van der Waals surface area contributed by atoms with E-state index in [1.807, 2.05) is 51.2 Å². The first kappa shape index (κ1) is 12.4. The van der Waals surface area contributed by atoms with Gasteiger partial charge in [0, 0.05) is 18.3 Å². The molecule has 2 aromatic rings. The molecule has 0 bridgehead atoms. The van der Waals surface area contributed by atoms with Gasteiger partial charge in [0.2, 0.25) is 5.95 Å². The van der Waals surface area contributed by atoms with Crippen LogP contribution < -0.4 is 10.1 Å². The Bertz CT molecular complexity index is 540. The molecular weight excluding hydrogens is 226 g/mol. The minimum absolute atomic E-state index is 0.631. The van der Waals surface area contributed by atoms with Crippen LogP contribution in [-0.2, 0) is 0 Å². The Balaban J connectivity index is 2.41. The highest BCUT2D eigenvalue weighted by atomic mass is 16.5. The molecule has 4 nitrogen and oxygen atoms in total. The lowest BCUT2D eigenvalue weighted by Crippen LogP contribution is -1.99. The fourth-order valence-electron chi connectivity index (χ4n) is 1.74. The average molecular weight is 243 g/mol. The molecule has 1 aromatic carbocycles. The molecular formula is C14H17N3O. The van der Waals surface area contributed by atoms with Crippen LogP contribution in [0.2, 0.25) is 0 Å². The SMILES string of the molecule is CCOc1cccc(-c2cc(C)nc(NC)n2)c1. The number of aryl methyl sites for hydroxylation is 1. The summed E-state index contributed by atoms with van der Waals surface area (Å²) in [6, 6.07) is 9.89. The summed E-state index contributed by atoms with van der Waals surface area (Å²) >= 11 is 0. The summed E-state index contributed by atoms with van der Waals surface area (Å²) < 4.78 is 5.50. The molecule has 0 saturated carbocycles. The largest absolute Gasteiger partial charge is 0.494 e. The summed E-state index contributed by atoms with van der Waals surface area (Å²) in [5.74, 6) is 1.49. The van der Waals surface area contributed by atoms with Crippen molar-refractivity contribution in [1.29, 1.82) is 0 Å². The maximum Gasteiger partial charge on any atom is 0.223 e. The van der Waals surface area contributed by atoms with E-state index in [0.29, 0.717) is 12.6 Å². The van der Waals surface area contributed by atoms with Gasteiger partial charge in [-0.15, -0.1) is 0 Å². The van der Waals surface area contributed by atoms with Gasteiger partial charge in [-0.25, -0.2) is 9.97 Å². The molecule has 0 aliphatic rings. The van der Waals surface area contributed by atoms with Gasteiger partial charge in [-0.3, -0.25) is 0 Å². The van der Waals surface area contributed by atoms with E-state index < -0.39 is 0 Å². The van der Waals surface area contributed by atoms with Crippen molar-refractivity contribution in [3.8, 4) is 17.0 Å². The van der Waals surface area contributed by atoms with E-state index in [2.05, 4.69) is 15.3 Å². The zero-order valence-electron chi connectivity index (χ0n) is 10.9. The molecule has 4 heteroatoms. The second-order valence-electron chi connectivity index (χ2n) is 3.93. The minimum Gasteiger partial charge on any atom is -0.494 e. The van der Waals surface area contributed by atoms with Gasteiger partial charge in [0.25, 0.3) is 0 Å². The third-order valence-corrected chi connectivity index (χ3v) is 2.52. The standard InChI is InChI=1S/C14H17N3O/c1-4-18-12-7-5-6-11(9-12)13-8-10(2)16-14(15-3)17-13/h5-9H,4H2,1-3H3,(H,15,16,17). The number of ether oxygens (including phenoxy) is 1. The predicted molar refractivity (Wildman–Crippen MR) is 72.9 cm³/mol. The van der Waals surface area contributed by atoms with Crippen LogP contribution in [0.4, 0.5) is 5.95 Å². The lowest BCUT2D eigenvalue weighted by atomic mass is 10.1. The van der Waals surface area contributed by atoms with E-state index in [4.69, 9.17) is 4.74 Å². The highest BCUT2D eigenvalue weighted by molar-refractivity contribution is 5.62. The molecule has 1 heterocycles. The third-order valence-electron chi connectivity index (χ3n) is 2.52. The van der Waals surface area contributed by atoms with Crippen molar-refractivity contribution in [3.63, 3.8) is 0 Å². The van der Waals surface area contributed by atoms with E-state index in [0.717, 1.165) is 22.7 Å². The van der Waals surface area contributed by atoms with E-state index in [-0.39, 0.29) is 0 Å². The maximum atomic E-state index is 5.50. The molecule has 0 amide bonds. The van der Waals surface area contributed by atoms with Gasteiger partial charge in [0.1, 0.15) is 5.75 Å². The Labute approximate surface area is 107 Å². The van der Waals surface area contributed by atoms with Crippen molar-refractivity contribution in [2.24, 2.45) is 0 Å². The second-order valence-corrected chi connectivity index (χ2v) is 3.93. The van der Waals surface area contributed by atoms with E-state index in [1.54, 1.807) is 0 Å². The molecule has 0 fully saturated rings. The maximum absolute atomic E-state index is 5.50. The van der Waals surface area contributed by atoms with Gasteiger partial charge in [0.15, 0.2) is 0 Å². The van der Waals surface area contributed by atoms with Gasteiger partial charge >= 0.3 is 0 Å². The fraction of sp³-hybridized carbons (Fsp3) is 0.286. The monoisotopic (exact) mass is 243 g/mol. The summed E-state index contributed by atoms with van der Waals surface area (Å²) in [6.45, 7) is 4.59. The predicted octanol–water partition coefficient (Wildman–Crippen LogP) is 2.89. The van der Waals surface area contributed by atoms with Crippen molar-refractivity contribution in [2.45, 2.75) is 13.8 Å². The van der Waals surface area contributed by atoms with Gasteiger partial charge in [0.05, 0.1) is 12.3 Å². The zero-order chi connectivity index (χ0) is 13.0. The molecule has 0 aliphatic heterocycles. The summed E-state index contributed by atoms with van der Waals surface area (Å²) in [5.41, 5.74) is 2.86. The first-order chi connectivity index (χ1) is 8.72. The molecule has 0 aliphatic carbocycles. The molecule has 0 radical (unpaired) electrons. The summed E-state index contributed by atoms with van der Waals surface area (Å²) in [6.07, 6.45) is 0. The average Bonchev–Trinajstić information content (AvgIpc) is 2.39. The van der Waals surface area contributed by atoms with Crippen LogP contribution in [0.5, 0.6) is 5.75 Å². The third kappa shape index (κ3) is 2.77. The summed E-state index contributed by atoms with van der Waals surface area (Å²) in [5, 5.41) is 2.96. The normalized spacial score (nSPS) is 10.2. The van der Waals surface area contributed by atoms with Crippen LogP contribution in [0.25, 0.3) is 11.3 Å². The van der Waals surface area contributed by atoms with Crippen LogP contribution >= 0.6 is 0 Å². The van der Waals surface area contributed by atoms with Gasteiger partial charge in [-0.2, -0.15) is 0 Å². The summed E-state index contributed by atoms with van der Waals surface area (Å²) in [4.78, 5) is 8.73. The minimum atomic E-state index is 0.631. The van der Waals surface area contributed by atoms with Crippen molar-refractivity contribution in [1.82, 2.24) is 9.97 Å². The number of anilines is 1. The van der Waals surface area contributed by atoms with Crippen molar-refractivity contribution >= 4 is 5.95 Å². The molecule has 18 heavy (non-hydrogen) atoms. The van der Waals surface area contributed by atoms with Crippen LogP contribution in [0.15, 0.2) is 30.3 Å². The van der Waals surface area contributed by atoms with Crippen LogP contribution in [-0.4, -0.2) is 23.6 Å². The first-order valence-corrected chi connectivity index (χ1v) is 5.99. The second kappa shape index (κ2) is 5.49. The first-order valence-electron chi connectivity index (χ1n) is 5.99. The van der Waals surface area contributed by atoms with Crippen molar-refractivity contribution < 1.29 is 4.74 Å². The zero-order valence-corrected chi connectivity index (χ0v) is 10.9. The number of aromatic nitrogens is 2. The topological polar surface area (TPSA) is 47.0 Å². The summed E-state index contributed by atoms with van der Waals surface area (Å²) in [7, 11) is 1.81. The van der Waals surface area contributed by atoms with Crippen molar-refractivity contribution in [2.75, 3.05) is 19.0 Å². The quantitative estimate of drug-likeness (QED) is 0.897. The highest BCUT2D eigenvalue weighted by Gasteiger charge is 2.04. The number of nitrogens with one attached hydrogen (secondary N) is 1. The number of hydrogen-bond donors (Lipinski definition) is 1. The Morgan fingerprint density at radius 2 is 2.06 bits per heavy atom. The van der Waals surface area contributed by atoms with Crippen LogP contribution in [0, 0.1) is 6.92 Å². The van der Waals surface area contributed by atoms with Crippen LogP contribution in [0.3, 0.4) is 0 Å². The van der Waals surface area contributed by atoms with Crippen molar-refractivity contribution in [3.05, 3.63) is 36.0 Å². The molecule has 0 spiro atoms. The van der Waals surface area contributed by atoms with E-state index in [9.17, 15) is 0 Å². The van der Waals surface area contributed by atoms with E-state index >= 15 is 0 Å². The number of hydrogen-bond acceptors (Lipinski definition) is 4. The number of nitrogens with zero attached hydrogens (tertiary/aromatic N) is 2. The highest BCUT2D eigenvalue weighted by Crippen LogP contribution is 2.23. The molecule has 94 valence electrons. The lowest BCUT2D eigenvalue weighted by molar-refractivity contribution is 0.340. The Hall–Kier alpha value is -2.10. The van der Waals surface area contributed by atoms with Gasteiger partial charge in [-0.1, -0.05) is 12.1 Å². The molecule has 2 rings (SSSR count). The molecule has 1 N–H and O–H groups in total. The Kier molecular flexibility index (Phi) is 3.77. The Morgan fingerprint density at radius 3 is 2.78 bits per heavy atom. The lowest BCUT2D eigenvalue weighted by Gasteiger charge is -2.08. The van der Waals surface area contributed by atoms with Gasteiger partial charge < -0.3 is 10.1 Å². The molecule has 1 aromatic heterocycles. The van der Waals surface area contributed by atoms with E-state index in [1.165, 1.54) is 0 Å². The molecule has 0 unspecified atom stereocenters. The molecule has 0 atom stereocenters. The smallest absolute Gasteiger partial charge is 0.223 e. The fourth-order valence-corrected chi connectivity index (χ4v) is 1.74. The molecule has 0 saturated heterocycles. The number of benzene rings is 1. The Morgan fingerprint density at radius 1 is 1.22 bits per heavy atom. The van der Waals surface area contributed by atoms with Crippen LogP contribution in [0.1, 0.15) is 12.6 Å². The number of rotatable bonds is 4.